The van der Waals surface area contributed by atoms with Crippen LogP contribution < -0.4 is 5.73 Å². The lowest BCUT2D eigenvalue weighted by atomic mass is 10.4. The molecular weight excluding hydrogens is 146 g/mol. The maximum atomic E-state index is 10.2. The summed E-state index contributed by atoms with van der Waals surface area (Å²) in [6.07, 6.45) is 0. The molecule has 5 heteroatoms. The third-order valence-corrected chi connectivity index (χ3v) is 1.09. The lowest BCUT2D eigenvalue weighted by Gasteiger charge is -2.00. The minimum Gasteiger partial charge on any atom is -0.487 e. The van der Waals surface area contributed by atoms with E-state index in [4.69, 9.17) is 10.5 Å². The third kappa shape index (κ3) is 1.28. The molecule has 1 rings (SSSR count). The fourth-order valence-electron chi connectivity index (χ4n) is 0.669. The van der Waals surface area contributed by atoms with Gasteiger partial charge in [-0.25, -0.2) is 4.79 Å². The zero-order valence-electron chi connectivity index (χ0n) is 6.00. The Kier molecular flexibility index (Phi) is 2.03. The summed E-state index contributed by atoms with van der Waals surface area (Å²) in [5.74, 6) is 1.93. The van der Waals surface area contributed by atoms with E-state index in [1.54, 1.807) is 12.9 Å². The van der Waals surface area contributed by atoms with Crippen molar-refractivity contribution in [1.29, 1.82) is 0 Å². The molecule has 11 heavy (non-hydrogen) atoms. The Morgan fingerprint density at radius 2 is 2.36 bits per heavy atom. The van der Waals surface area contributed by atoms with E-state index >= 15 is 0 Å². The Morgan fingerprint density at radius 3 is 2.91 bits per heavy atom. The van der Waals surface area contributed by atoms with Crippen LogP contribution in [0.3, 0.4) is 0 Å². The van der Waals surface area contributed by atoms with Crippen molar-refractivity contribution in [2.75, 3.05) is 6.61 Å². The van der Waals surface area contributed by atoms with E-state index in [2.05, 4.69) is 10.2 Å². The first kappa shape index (κ1) is 7.50. The van der Waals surface area contributed by atoms with Crippen molar-refractivity contribution >= 4 is 5.94 Å². The van der Waals surface area contributed by atoms with Crippen LogP contribution in [-0.4, -0.2) is 12.5 Å². The molecule has 1 aliphatic heterocycles. The smallest absolute Gasteiger partial charge is 0.215 e. The number of hydrogen-bond acceptors (Lipinski definition) is 5. The van der Waals surface area contributed by atoms with Crippen molar-refractivity contribution in [1.82, 2.24) is 0 Å². The maximum Gasteiger partial charge on any atom is 0.215 e. The van der Waals surface area contributed by atoms with E-state index in [-0.39, 0.29) is 17.3 Å². The van der Waals surface area contributed by atoms with Crippen LogP contribution in [0, 0.1) is 0 Å². The van der Waals surface area contributed by atoms with Crippen LogP contribution in [0.4, 0.5) is 0 Å². The quantitative estimate of drug-likeness (QED) is 0.581. The summed E-state index contributed by atoms with van der Waals surface area (Å²) in [6, 6.07) is 0. The highest BCUT2D eigenvalue weighted by Gasteiger charge is 2.17. The van der Waals surface area contributed by atoms with E-state index in [1.165, 1.54) is 0 Å². The summed E-state index contributed by atoms with van der Waals surface area (Å²) >= 11 is 0. The molecule has 1 heterocycles. The summed E-state index contributed by atoms with van der Waals surface area (Å²) in [6.45, 7) is 2.20. The molecule has 5 nitrogen and oxygen atoms in total. The average Bonchev–Trinajstić information content (AvgIpc) is 2.34. The Balaban J connectivity index is 2.92. The monoisotopic (exact) mass is 153 g/mol. The number of rotatable bonds is 2. The number of hydrogen-bond donors (Lipinski definition) is 1. The van der Waals surface area contributed by atoms with Gasteiger partial charge in [-0.2, -0.15) is 0 Å². The van der Waals surface area contributed by atoms with Crippen molar-refractivity contribution in [3.63, 3.8) is 0 Å². The Labute approximate surface area is 63.2 Å². The lowest BCUT2D eigenvalue weighted by molar-refractivity contribution is 0.236. The van der Waals surface area contributed by atoms with Gasteiger partial charge in [-0.15, -0.1) is 10.2 Å². The first-order valence-electron chi connectivity index (χ1n) is 3.09. The van der Waals surface area contributed by atoms with E-state index in [1.807, 2.05) is 0 Å². The Bertz CT molecular complexity index is 274. The van der Waals surface area contributed by atoms with Crippen LogP contribution in [0.25, 0.3) is 0 Å². The van der Waals surface area contributed by atoms with Crippen molar-refractivity contribution < 1.29 is 9.53 Å². The zero-order valence-corrected chi connectivity index (χ0v) is 6.00. The topological polar surface area (TPSA) is 77.0 Å². The number of nitrogens with two attached hydrogens (primary N) is 1. The van der Waals surface area contributed by atoms with Crippen LogP contribution in [0.1, 0.15) is 6.92 Å². The third-order valence-electron chi connectivity index (χ3n) is 1.09. The van der Waals surface area contributed by atoms with Crippen LogP contribution in [0.15, 0.2) is 27.5 Å². The van der Waals surface area contributed by atoms with Crippen molar-refractivity contribution in [2.45, 2.75) is 6.92 Å². The molecule has 0 atom stereocenters. The van der Waals surface area contributed by atoms with Gasteiger partial charge in [0.2, 0.25) is 11.5 Å². The molecule has 58 valence electrons. The number of carbonyl (C=O) groups excluding carboxylic acids is 1. The molecule has 0 aromatic rings. The predicted octanol–water partition coefficient (Wildman–Crippen LogP) is 0.332. The summed E-state index contributed by atoms with van der Waals surface area (Å²) in [4.78, 5) is 10.2. The summed E-state index contributed by atoms with van der Waals surface area (Å²) in [7, 11) is 0. The highest BCUT2D eigenvalue weighted by atomic mass is 16.5. The summed E-state index contributed by atoms with van der Waals surface area (Å²) < 4.78 is 4.99. The fourth-order valence-corrected chi connectivity index (χ4v) is 0.669. The molecule has 0 unspecified atom stereocenters. The van der Waals surface area contributed by atoms with Gasteiger partial charge in [-0.05, 0) is 6.92 Å². The molecular formula is C6H7N3O2. The van der Waals surface area contributed by atoms with Crippen LogP contribution in [0.2, 0.25) is 0 Å². The van der Waals surface area contributed by atoms with Gasteiger partial charge in [0.05, 0.1) is 6.61 Å². The number of ether oxygens (including phenoxy) is 1. The molecule has 0 spiro atoms. The second kappa shape index (κ2) is 2.98. The molecule has 0 aromatic carbocycles. The normalized spacial score (nSPS) is 15.5. The van der Waals surface area contributed by atoms with E-state index in [0.717, 1.165) is 0 Å². The fraction of sp³-hybridized carbons (Fsp3) is 0.333. The van der Waals surface area contributed by atoms with Gasteiger partial charge in [-0.3, -0.25) is 0 Å². The predicted molar refractivity (Wildman–Crippen MR) is 36.9 cm³/mol. The zero-order chi connectivity index (χ0) is 8.27. The van der Waals surface area contributed by atoms with E-state index < -0.39 is 0 Å². The molecule has 0 saturated heterocycles. The second-order valence-electron chi connectivity index (χ2n) is 1.80. The Hall–Kier alpha value is -1.61. The first-order valence-corrected chi connectivity index (χ1v) is 3.09. The molecule has 0 aromatic heterocycles. The first-order chi connectivity index (χ1) is 5.29. The standard InChI is InChI=1S/C6H7N3O2/c1-2-11-5-4(3-10)8-9-6(5)7/h2,7H2,1H3. The molecule has 0 radical (unpaired) electrons. The van der Waals surface area contributed by atoms with Gasteiger partial charge < -0.3 is 10.5 Å². The van der Waals surface area contributed by atoms with Crippen molar-refractivity contribution in [2.24, 2.45) is 16.0 Å². The number of nitrogens with zero attached hydrogens (tertiary/aromatic N) is 2. The van der Waals surface area contributed by atoms with Gasteiger partial charge in [0, 0.05) is 0 Å². The van der Waals surface area contributed by atoms with E-state index in [9.17, 15) is 4.79 Å². The Morgan fingerprint density at radius 1 is 1.64 bits per heavy atom. The molecule has 0 amide bonds. The molecule has 0 fully saturated rings. The lowest BCUT2D eigenvalue weighted by Crippen LogP contribution is -2.00. The van der Waals surface area contributed by atoms with Crippen LogP contribution in [-0.2, 0) is 9.53 Å². The van der Waals surface area contributed by atoms with Gasteiger partial charge in [0.1, 0.15) is 0 Å². The van der Waals surface area contributed by atoms with Crippen molar-refractivity contribution in [3.05, 3.63) is 17.3 Å². The van der Waals surface area contributed by atoms with Crippen LogP contribution >= 0.6 is 0 Å². The largest absolute Gasteiger partial charge is 0.487 e. The number of azo groups is 1. The molecule has 1 aliphatic rings. The summed E-state index contributed by atoms with van der Waals surface area (Å²) in [5, 5.41) is 6.88. The van der Waals surface area contributed by atoms with Gasteiger partial charge in [-0.1, -0.05) is 0 Å². The highest BCUT2D eigenvalue weighted by molar-refractivity contribution is 5.60. The molecule has 0 saturated carbocycles. The SMILES string of the molecule is CCOC1=C(N)N=NC1=C=O. The minimum absolute atomic E-state index is 0.0318. The van der Waals surface area contributed by atoms with Crippen molar-refractivity contribution in [3.8, 4) is 0 Å². The maximum absolute atomic E-state index is 10.2. The second-order valence-corrected chi connectivity index (χ2v) is 1.80. The molecule has 2 N–H and O–H groups in total. The van der Waals surface area contributed by atoms with E-state index in [0.29, 0.717) is 6.61 Å². The molecule has 0 aliphatic carbocycles. The minimum atomic E-state index is 0.0318. The van der Waals surface area contributed by atoms with Gasteiger partial charge >= 0.3 is 0 Å². The molecule has 0 bridgehead atoms. The van der Waals surface area contributed by atoms with Gasteiger partial charge in [0.25, 0.3) is 0 Å². The average molecular weight is 153 g/mol. The summed E-state index contributed by atoms with van der Waals surface area (Å²) in [5.41, 5.74) is 5.36. The van der Waals surface area contributed by atoms with Gasteiger partial charge in [0.15, 0.2) is 11.8 Å². The van der Waals surface area contributed by atoms with Crippen LogP contribution in [0.5, 0.6) is 0 Å². The highest BCUT2D eigenvalue weighted by Crippen LogP contribution is 2.20.